The van der Waals surface area contributed by atoms with Crippen molar-refractivity contribution in [1.82, 2.24) is 5.32 Å². The molecule has 0 aliphatic heterocycles. The summed E-state index contributed by atoms with van der Waals surface area (Å²) in [6, 6.07) is 8.22. The van der Waals surface area contributed by atoms with E-state index in [9.17, 15) is 22.4 Å². The molecule has 0 aliphatic rings. The lowest BCUT2D eigenvalue weighted by atomic mass is 10.0. The van der Waals surface area contributed by atoms with Gasteiger partial charge in [0.25, 0.3) is 5.91 Å². The fraction of sp³-hybridized carbons (Fsp3) is 0.300. The predicted molar refractivity (Wildman–Crippen MR) is 110 cm³/mol. The van der Waals surface area contributed by atoms with E-state index in [2.05, 4.69) is 10.6 Å². The molecule has 0 spiro atoms. The lowest BCUT2D eigenvalue weighted by Crippen LogP contribution is -2.47. The van der Waals surface area contributed by atoms with E-state index >= 15 is 0 Å². The molecule has 0 heterocycles. The first-order chi connectivity index (χ1) is 14.0. The van der Waals surface area contributed by atoms with Gasteiger partial charge in [0.15, 0.2) is 0 Å². The number of amides is 2. The fourth-order valence-corrected chi connectivity index (χ4v) is 3.22. The average Bonchev–Trinajstić information content (AvgIpc) is 2.65. The number of nitrogens with two attached hydrogens (primary N) is 1. The molecule has 0 aliphatic carbocycles. The smallest absolute Gasteiger partial charge is 0.251 e. The van der Waals surface area contributed by atoms with Crippen LogP contribution in [0, 0.1) is 11.7 Å². The Balaban J connectivity index is 2.17. The molecule has 4 N–H and O–H groups in total. The topological polar surface area (TPSA) is 128 Å². The minimum Gasteiger partial charge on any atom is -0.494 e. The van der Waals surface area contributed by atoms with Crippen LogP contribution in [0.25, 0.3) is 0 Å². The number of halogens is 1. The number of anilines is 1. The SMILES string of the molecule is CCOc1ccc(C(=O)NC(C(=O)Nc2cc(F)cc(S(N)(=O)=O)c2)C(C)C)cc1. The molecule has 30 heavy (non-hydrogen) atoms. The summed E-state index contributed by atoms with van der Waals surface area (Å²) in [5.74, 6) is -1.67. The highest BCUT2D eigenvalue weighted by molar-refractivity contribution is 7.89. The van der Waals surface area contributed by atoms with Crippen LogP contribution in [-0.2, 0) is 14.8 Å². The molecule has 8 nitrogen and oxygen atoms in total. The highest BCUT2D eigenvalue weighted by atomic mass is 32.2. The first-order valence-corrected chi connectivity index (χ1v) is 10.7. The van der Waals surface area contributed by atoms with Crippen LogP contribution >= 0.6 is 0 Å². The summed E-state index contributed by atoms with van der Waals surface area (Å²) in [6.45, 7) is 5.79. The Hall–Kier alpha value is -2.98. The molecule has 0 aromatic heterocycles. The Morgan fingerprint density at radius 3 is 2.30 bits per heavy atom. The molecule has 0 fully saturated rings. The van der Waals surface area contributed by atoms with E-state index in [-0.39, 0.29) is 11.6 Å². The van der Waals surface area contributed by atoms with Gasteiger partial charge in [0.05, 0.1) is 11.5 Å². The third kappa shape index (κ3) is 6.26. The number of rotatable bonds is 8. The molecule has 10 heteroatoms. The monoisotopic (exact) mass is 437 g/mol. The number of sulfonamides is 1. The van der Waals surface area contributed by atoms with Gasteiger partial charge in [-0.25, -0.2) is 17.9 Å². The second-order valence-corrected chi connectivity index (χ2v) is 8.42. The summed E-state index contributed by atoms with van der Waals surface area (Å²) in [7, 11) is -4.15. The van der Waals surface area contributed by atoms with Crippen LogP contribution in [0.15, 0.2) is 47.4 Å². The van der Waals surface area contributed by atoms with E-state index < -0.39 is 38.6 Å². The Bertz CT molecular complexity index is 1020. The predicted octanol–water partition coefficient (Wildman–Crippen LogP) is 2.26. The van der Waals surface area contributed by atoms with Crippen LogP contribution in [0.2, 0.25) is 0 Å². The molecule has 2 rings (SSSR count). The molecule has 1 unspecified atom stereocenters. The summed E-state index contributed by atoms with van der Waals surface area (Å²) in [5.41, 5.74) is 0.240. The average molecular weight is 437 g/mol. The quantitative estimate of drug-likeness (QED) is 0.584. The van der Waals surface area contributed by atoms with E-state index in [4.69, 9.17) is 9.88 Å². The van der Waals surface area contributed by atoms with E-state index in [1.807, 2.05) is 6.92 Å². The van der Waals surface area contributed by atoms with Crippen molar-refractivity contribution >= 4 is 27.5 Å². The zero-order valence-corrected chi connectivity index (χ0v) is 17.6. The second-order valence-electron chi connectivity index (χ2n) is 6.86. The van der Waals surface area contributed by atoms with Crippen molar-refractivity contribution in [3.05, 3.63) is 53.8 Å². The van der Waals surface area contributed by atoms with Crippen LogP contribution in [0.1, 0.15) is 31.1 Å². The lowest BCUT2D eigenvalue weighted by Gasteiger charge is -2.22. The molecule has 2 aromatic rings. The molecule has 0 radical (unpaired) electrons. The number of ether oxygens (including phenoxy) is 1. The molecular formula is C20H24FN3O5S. The van der Waals surface area contributed by atoms with Crippen LogP contribution in [0.4, 0.5) is 10.1 Å². The number of primary sulfonamides is 1. The largest absolute Gasteiger partial charge is 0.494 e. The fourth-order valence-electron chi connectivity index (χ4n) is 2.65. The van der Waals surface area contributed by atoms with Crippen LogP contribution < -0.4 is 20.5 Å². The number of carbonyl (C=O) groups excluding carboxylic acids is 2. The number of carbonyl (C=O) groups is 2. The molecule has 2 aromatic carbocycles. The van der Waals surface area contributed by atoms with Gasteiger partial charge in [-0.15, -0.1) is 0 Å². The van der Waals surface area contributed by atoms with Crippen molar-refractivity contribution < 1.29 is 27.1 Å². The van der Waals surface area contributed by atoms with Crippen molar-refractivity contribution in [3.8, 4) is 5.75 Å². The normalized spacial score (nSPS) is 12.3. The van der Waals surface area contributed by atoms with Gasteiger partial charge in [0.2, 0.25) is 15.9 Å². The lowest BCUT2D eigenvalue weighted by molar-refractivity contribution is -0.118. The zero-order chi connectivity index (χ0) is 22.5. The van der Waals surface area contributed by atoms with Crippen molar-refractivity contribution in [1.29, 1.82) is 0 Å². The first-order valence-electron chi connectivity index (χ1n) is 9.19. The minimum atomic E-state index is -4.15. The molecule has 162 valence electrons. The molecule has 0 bridgehead atoms. The van der Waals surface area contributed by atoms with Crippen molar-refractivity contribution in [2.24, 2.45) is 11.1 Å². The van der Waals surface area contributed by atoms with Crippen LogP contribution in [0.5, 0.6) is 5.75 Å². The van der Waals surface area contributed by atoms with Gasteiger partial charge in [0.1, 0.15) is 17.6 Å². The summed E-state index contributed by atoms with van der Waals surface area (Å²) < 4.78 is 42.0. The Kier molecular flexibility index (Phi) is 7.52. The number of nitrogens with one attached hydrogen (secondary N) is 2. The summed E-state index contributed by atoms with van der Waals surface area (Å²) >= 11 is 0. The third-order valence-electron chi connectivity index (χ3n) is 4.13. The Labute approximate surface area is 174 Å². The second kappa shape index (κ2) is 9.68. The standard InChI is InChI=1S/C20H24FN3O5S/c1-4-29-16-7-5-13(6-8-16)19(25)24-18(12(2)3)20(26)23-15-9-14(21)10-17(11-15)30(22,27)28/h5-12,18H,4H2,1-3H3,(H,23,26)(H,24,25)(H2,22,27,28). The van der Waals surface area contributed by atoms with Crippen molar-refractivity contribution in [3.63, 3.8) is 0 Å². The Morgan fingerprint density at radius 2 is 1.77 bits per heavy atom. The Morgan fingerprint density at radius 1 is 1.13 bits per heavy atom. The van der Waals surface area contributed by atoms with Crippen LogP contribution in [0.3, 0.4) is 0 Å². The molecular weight excluding hydrogens is 413 g/mol. The van der Waals surface area contributed by atoms with Gasteiger partial charge < -0.3 is 15.4 Å². The number of hydrogen-bond donors (Lipinski definition) is 3. The number of benzene rings is 2. The van der Waals surface area contributed by atoms with E-state index in [0.717, 1.165) is 18.2 Å². The maximum atomic E-state index is 13.7. The molecule has 0 saturated heterocycles. The summed E-state index contributed by atoms with van der Waals surface area (Å²) in [4.78, 5) is 24.7. The highest BCUT2D eigenvalue weighted by Gasteiger charge is 2.25. The molecule has 2 amide bonds. The van der Waals surface area contributed by atoms with Crippen molar-refractivity contribution in [2.45, 2.75) is 31.7 Å². The zero-order valence-electron chi connectivity index (χ0n) is 16.8. The third-order valence-corrected chi connectivity index (χ3v) is 5.02. The number of hydrogen-bond acceptors (Lipinski definition) is 5. The van der Waals surface area contributed by atoms with E-state index in [0.29, 0.717) is 17.9 Å². The van der Waals surface area contributed by atoms with Gasteiger partial charge in [-0.1, -0.05) is 13.8 Å². The maximum Gasteiger partial charge on any atom is 0.251 e. The summed E-state index contributed by atoms with van der Waals surface area (Å²) in [5, 5.41) is 10.1. The molecule has 1 atom stereocenters. The van der Waals surface area contributed by atoms with E-state index in [1.165, 1.54) is 0 Å². The van der Waals surface area contributed by atoms with Gasteiger partial charge in [0, 0.05) is 11.3 Å². The maximum absolute atomic E-state index is 13.7. The first kappa shape index (κ1) is 23.3. The highest BCUT2D eigenvalue weighted by Crippen LogP contribution is 2.18. The molecule has 0 saturated carbocycles. The van der Waals surface area contributed by atoms with E-state index in [1.54, 1.807) is 38.1 Å². The van der Waals surface area contributed by atoms with Gasteiger partial charge in [-0.2, -0.15) is 0 Å². The minimum absolute atomic E-state index is 0.0926. The van der Waals surface area contributed by atoms with Crippen LogP contribution in [-0.4, -0.2) is 32.9 Å². The summed E-state index contributed by atoms with van der Waals surface area (Å²) in [6.07, 6.45) is 0. The van der Waals surface area contributed by atoms with Gasteiger partial charge in [-0.3, -0.25) is 9.59 Å². The van der Waals surface area contributed by atoms with Gasteiger partial charge in [-0.05, 0) is 55.3 Å². The van der Waals surface area contributed by atoms with Crippen molar-refractivity contribution in [2.75, 3.05) is 11.9 Å². The van der Waals surface area contributed by atoms with Gasteiger partial charge >= 0.3 is 0 Å².